The van der Waals surface area contributed by atoms with E-state index >= 15 is 0 Å². The summed E-state index contributed by atoms with van der Waals surface area (Å²) in [7, 11) is 0. The fourth-order valence-electron chi connectivity index (χ4n) is 3.20. The van der Waals surface area contributed by atoms with E-state index in [1.165, 1.54) is 5.56 Å². The molecule has 0 spiro atoms. The van der Waals surface area contributed by atoms with Crippen LogP contribution in [-0.4, -0.2) is 10.7 Å². The van der Waals surface area contributed by atoms with Crippen molar-refractivity contribution < 1.29 is 5.11 Å². The minimum Gasteiger partial charge on any atom is -0.390 e. The van der Waals surface area contributed by atoms with Crippen LogP contribution in [0.3, 0.4) is 0 Å². The van der Waals surface area contributed by atoms with Gasteiger partial charge >= 0.3 is 0 Å². The molecule has 2 rings (SSSR count). The van der Waals surface area contributed by atoms with Crippen LogP contribution in [0.2, 0.25) is 0 Å². The second kappa shape index (κ2) is 6.13. The Hall–Kier alpha value is -1.08. The molecule has 20 heavy (non-hydrogen) atoms. The third-order valence-corrected chi connectivity index (χ3v) is 4.75. The van der Waals surface area contributed by atoms with Crippen LogP contribution in [0.4, 0.5) is 0 Å². The van der Waals surface area contributed by atoms with Gasteiger partial charge in [0.25, 0.3) is 0 Å². The number of hydrogen-bond acceptors (Lipinski definition) is 1. The number of rotatable bonds is 3. The van der Waals surface area contributed by atoms with Crippen LogP contribution in [0.25, 0.3) is 6.08 Å². The van der Waals surface area contributed by atoms with Crippen molar-refractivity contribution in [1.29, 1.82) is 0 Å². The molecule has 0 radical (unpaired) electrons. The smallest absolute Gasteiger partial charge is 0.0682 e. The van der Waals surface area contributed by atoms with E-state index in [0.717, 1.165) is 38.0 Å². The zero-order chi connectivity index (χ0) is 14.6. The van der Waals surface area contributed by atoms with Crippen molar-refractivity contribution in [3.05, 3.63) is 42.0 Å². The highest BCUT2D eigenvalue weighted by atomic mass is 16.3. The van der Waals surface area contributed by atoms with Crippen molar-refractivity contribution in [2.45, 2.75) is 58.5 Å². The molecule has 1 fully saturated rings. The standard InChI is InChI=1S/C19H28O/c1-18(2,3)17-11-14-19(20,15-12-17)13-7-10-16-8-5-4-6-9-16/h4-10,17,20H,11-15H2,1-3H3/b10-7+. The van der Waals surface area contributed by atoms with E-state index in [4.69, 9.17) is 0 Å². The average Bonchev–Trinajstić information content (AvgIpc) is 2.39. The van der Waals surface area contributed by atoms with E-state index < -0.39 is 5.60 Å². The SMILES string of the molecule is CC(C)(C)C1CCC(O)(C/C=C/c2ccccc2)CC1. The fraction of sp³-hybridized carbons (Fsp3) is 0.579. The predicted octanol–water partition coefficient (Wildman–Crippen LogP) is 5.06. The number of hydrogen-bond donors (Lipinski definition) is 1. The van der Waals surface area contributed by atoms with Crippen LogP contribution in [0.5, 0.6) is 0 Å². The van der Waals surface area contributed by atoms with Crippen molar-refractivity contribution in [2.75, 3.05) is 0 Å². The molecule has 0 aliphatic heterocycles. The van der Waals surface area contributed by atoms with Crippen molar-refractivity contribution in [1.82, 2.24) is 0 Å². The lowest BCUT2D eigenvalue weighted by atomic mass is 9.68. The molecule has 1 heteroatoms. The molecule has 1 aromatic rings. The van der Waals surface area contributed by atoms with Crippen LogP contribution >= 0.6 is 0 Å². The van der Waals surface area contributed by atoms with Gasteiger partial charge in [-0.1, -0.05) is 63.3 Å². The van der Waals surface area contributed by atoms with E-state index in [0.29, 0.717) is 5.41 Å². The maximum absolute atomic E-state index is 10.7. The minimum absolute atomic E-state index is 0.376. The maximum atomic E-state index is 10.7. The fourth-order valence-corrected chi connectivity index (χ4v) is 3.20. The highest BCUT2D eigenvalue weighted by Gasteiger charge is 2.36. The van der Waals surface area contributed by atoms with Crippen LogP contribution in [0.1, 0.15) is 58.4 Å². The van der Waals surface area contributed by atoms with Gasteiger partial charge in [0.05, 0.1) is 5.60 Å². The van der Waals surface area contributed by atoms with E-state index in [1.54, 1.807) is 0 Å². The van der Waals surface area contributed by atoms with Crippen molar-refractivity contribution >= 4 is 6.08 Å². The Morgan fingerprint density at radius 3 is 2.30 bits per heavy atom. The Bertz CT molecular complexity index is 431. The topological polar surface area (TPSA) is 20.2 Å². The Morgan fingerprint density at radius 1 is 1.15 bits per heavy atom. The Labute approximate surface area is 123 Å². The Kier molecular flexibility index (Phi) is 4.70. The summed E-state index contributed by atoms with van der Waals surface area (Å²) in [5.41, 5.74) is 1.10. The maximum Gasteiger partial charge on any atom is 0.0682 e. The van der Waals surface area contributed by atoms with Gasteiger partial charge in [-0.25, -0.2) is 0 Å². The van der Waals surface area contributed by atoms with Gasteiger partial charge in [0.15, 0.2) is 0 Å². The molecule has 0 amide bonds. The molecule has 1 aliphatic carbocycles. The molecule has 0 aromatic heterocycles. The lowest BCUT2D eigenvalue weighted by Crippen LogP contribution is -2.37. The van der Waals surface area contributed by atoms with Gasteiger partial charge in [-0.3, -0.25) is 0 Å². The van der Waals surface area contributed by atoms with Crippen molar-refractivity contribution in [3.63, 3.8) is 0 Å². The molecule has 1 N–H and O–H groups in total. The quantitative estimate of drug-likeness (QED) is 0.815. The molecule has 0 atom stereocenters. The Morgan fingerprint density at radius 2 is 1.75 bits per heavy atom. The molecule has 0 bridgehead atoms. The van der Waals surface area contributed by atoms with Gasteiger partial charge in [0.1, 0.15) is 0 Å². The van der Waals surface area contributed by atoms with Gasteiger partial charge in [-0.15, -0.1) is 0 Å². The van der Waals surface area contributed by atoms with Gasteiger partial charge in [0, 0.05) is 0 Å². The first kappa shape index (κ1) is 15.3. The first-order valence-electron chi connectivity index (χ1n) is 7.83. The molecule has 0 saturated heterocycles. The summed E-state index contributed by atoms with van der Waals surface area (Å²) in [6.45, 7) is 6.95. The molecule has 1 nitrogen and oxygen atoms in total. The largest absolute Gasteiger partial charge is 0.390 e. The van der Waals surface area contributed by atoms with Crippen LogP contribution in [-0.2, 0) is 0 Å². The van der Waals surface area contributed by atoms with Crippen molar-refractivity contribution in [3.8, 4) is 0 Å². The zero-order valence-corrected chi connectivity index (χ0v) is 13.1. The summed E-state index contributed by atoms with van der Waals surface area (Å²) in [6, 6.07) is 10.3. The Balaban J connectivity index is 1.86. The lowest BCUT2D eigenvalue weighted by molar-refractivity contribution is -0.0223. The lowest BCUT2D eigenvalue weighted by Gasteiger charge is -2.41. The van der Waals surface area contributed by atoms with Crippen molar-refractivity contribution in [2.24, 2.45) is 11.3 Å². The molecule has 1 aliphatic rings. The summed E-state index contributed by atoms with van der Waals surface area (Å²) in [6.07, 6.45) is 9.21. The minimum atomic E-state index is -0.479. The van der Waals surface area contributed by atoms with E-state index in [2.05, 4.69) is 45.1 Å². The van der Waals surface area contributed by atoms with Crippen LogP contribution < -0.4 is 0 Å². The molecule has 1 aromatic carbocycles. The van der Waals surface area contributed by atoms with Gasteiger partial charge in [-0.2, -0.15) is 0 Å². The van der Waals surface area contributed by atoms with Gasteiger partial charge < -0.3 is 5.11 Å². The molecule has 1 saturated carbocycles. The summed E-state index contributed by atoms with van der Waals surface area (Å²) in [4.78, 5) is 0. The molecule has 110 valence electrons. The highest BCUT2D eigenvalue weighted by Crippen LogP contribution is 2.42. The summed E-state index contributed by atoms with van der Waals surface area (Å²) < 4.78 is 0. The molecule has 0 heterocycles. The van der Waals surface area contributed by atoms with Gasteiger partial charge in [-0.05, 0) is 49.0 Å². The number of aliphatic hydroxyl groups is 1. The van der Waals surface area contributed by atoms with E-state index in [9.17, 15) is 5.11 Å². The van der Waals surface area contributed by atoms with Crippen LogP contribution in [0, 0.1) is 11.3 Å². The third-order valence-electron chi connectivity index (χ3n) is 4.75. The number of benzene rings is 1. The second-order valence-electron chi connectivity index (χ2n) is 7.38. The van der Waals surface area contributed by atoms with E-state index in [1.807, 2.05) is 18.2 Å². The third kappa shape index (κ3) is 4.21. The highest BCUT2D eigenvalue weighted by molar-refractivity contribution is 5.48. The molecular formula is C19H28O. The normalized spacial score (nSPS) is 27.9. The summed E-state index contributed by atoms with van der Waals surface area (Å²) >= 11 is 0. The van der Waals surface area contributed by atoms with Crippen LogP contribution in [0.15, 0.2) is 36.4 Å². The molecule has 0 unspecified atom stereocenters. The van der Waals surface area contributed by atoms with Gasteiger partial charge in [0.2, 0.25) is 0 Å². The monoisotopic (exact) mass is 272 g/mol. The average molecular weight is 272 g/mol. The summed E-state index contributed by atoms with van der Waals surface area (Å²) in [5, 5.41) is 10.7. The second-order valence-corrected chi connectivity index (χ2v) is 7.38. The predicted molar refractivity (Wildman–Crippen MR) is 86.5 cm³/mol. The summed E-state index contributed by atoms with van der Waals surface area (Å²) in [5.74, 6) is 0.751. The molecular weight excluding hydrogens is 244 g/mol. The first-order valence-corrected chi connectivity index (χ1v) is 7.83. The van der Waals surface area contributed by atoms with E-state index in [-0.39, 0.29) is 0 Å². The zero-order valence-electron chi connectivity index (χ0n) is 13.1. The first-order chi connectivity index (χ1) is 9.39.